The standard InChI is InChI=1S/C15H13N5O2/c1-8-5-10(16)14(22-2)7-12(8)20-19-9-3-4-11-13(6-9)18-15(21)17-11/h3-7H,16H2,1-2H3. The van der Waals surface area contributed by atoms with Crippen molar-refractivity contribution in [2.75, 3.05) is 12.8 Å². The first-order valence-electron chi connectivity index (χ1n) is 6.54. The number of carbonyl (C=O) groups excluding carboxylic acids is 1. The van der Waals surface area contributed by atoms with Crippen LogP contribution in [0.3, 0.4) is 0 Å². The van der Waals surface area contributed by atoms with Crippen LogP contribution in [-0.4, -0.2) is 13.1 Å². The lowest BCUT2D eigenvalue weighted by molar-refractivity contribution is 0.256. The zero-order chi connectivity index (χ0) is 15.7. The van der Waals surface area contributed by atoms with Crippen molar-refractivity contribution in [1.29, 1.82) is 0 Å². The summed E-state index contributed by atoms with van der Waals surface area (Å²) in [5.41, 5.74) is 8.51. The van der Waals surface area contributed by atoms with Gasteiger partial charge in [-0.2, -0.15) is 20.2 Å². The molecule has 1 aliphatic rings. The Balaban J connectivity index is 1.96. The number of nitrogens with zero attached hydrogens (tertiary/aromatic N) is 4. The number of nitrogens with two attached hydrogens (primary N) is 1. The van der Waals surface area contributed by atoms with E-state index in [-0.39, 0.29) is 0 Å². The number of azo groups is 1. The topological polar surface area (TPSA) is 102 Å². The Morgan fingerprint density at radius 3 is 2.64 bits per heavy atom. The fourth-order valence-corrected chi connectivity index (χ4v) is 2.08. The largest absolute Gasteiger partial charge is 0.495 e. The molecule has 0 saturated heterocycles. The monoisotopic (exact) mass is 295 g/mol. The molecule has 2 amide bonds. The number of amides is 2. The number of anilines is 1. The van der Waals surface area contributed by atoms with Gasteiger partial charge in [0.05, 0.1) is 34.9 Å². The van der Waals surface area contributed by atoms with E-state index in [4.69, 9.17) is 10.5 Å². The van der Waals surface area contributed by atoms with Crippen LogP contribution in [0.4, 0.5) is 21.9 Å². The highest BCUT2D eigenvalue weighted by Gasteiger charge is 2.06. The highest BCUT2D eigenvalue weighted by Crippen LogP contribution is 2.31. The molecule has 3 rings (SSSR count). The van der Waals surface area contributed by atoms with E-state index < -0.39 is 6.03 Å². The maximum Gasteiger partial charge on any atom is 0.368 e. The van der Waals surface area contributed by atoms with Crippen molar-refractivity contribution < 1.29 is 9.53 Å². The van der Waals surface area contributed by atoms with E-state index in [0.29, 0.717) is 33.5 Å². The quantitative estimate of drug-likeness (QED) is 0.694. The highest BCUT2D eigenvalue weighted by atomic mass is 16.5. The van der Waals surface area contributed by atoms with Crippen molar-refractivity contribution in [2.45, 2.75) is 6.92 Å². The van der Waals surface area contributed by atoms with E-state index in [2.05, 4.69) is 20.2 Å². The third kappa shape index (κ3) is 2.56. The molecule has 0 atom stereocenters. The summed E-state index contributed by atoms with van der Waals surface area (Å²) in [5.74, 6) is 0.549. The van der Waals surface area contributed by atoms with Gasteiger partial charge in [-0.1, -0.05) is 0 Å². The lowest BCUT2D eigenvalue weighted by Gasteiger charge is -2.07. The number of hydrogen-bond donors (Lipinski definition) is 1. The summed E-state index contributed by atoms with van der Waals surface area (Å²) in [6.07, 6.45) is 0. The van der Waals surface area contributed by atoms with E-state index in [1.54, 1.807) is 37.4 Å². The van der Waals surface area contributed by atoms with Crippen molar-refractivity contribution in [1.82, 2.24) is 0 Å². The average Bonchev–Trinajstić information content (AvgIpc) is 2.85. The van der Waals surface area contributed by atoms with Gasteiger partial charge in [0.15, 0.2) is 0 Å². The van der Waals surface area contributed by atoms with Crippen LogP contribution in [0.15, 0.2) is 50.5 Å². The highest BCUT2D eigenvalue weighted by molar-refractivity contribution is 5.77. The Bertz CT molecular complexity index is 918. The molecule has 0 fully saturated rings. The van der Waals surface area contributed by atoms with Crippen LogP contribution >= 0.6 is 0 Å². The fourth-order valence-electron chi connectivity index (χ4n) is 2.08. The molecule has 0 unspecified atom stereocenters. The second-order valence-electron chi connectivity index (χ2n) is 4.76. The van der Waals surface area contributed by atoms with Crippen LogP contribution < -0.4 is 21.2 Å². The number of carbonyl (C=O) groups is 1. The summed E-state index contributed by atoms with van der Waals surface area (Å²) in [4.78, 5) is 18.7. The number of benzene rings is 2. The van der Waals surface area contributed by atoms with Crippen molar-refractivity contribution in [3.63, 3.8) is 0 Å². The number of rotatable bonds is 3. The van der Waals surface area contributed by atoms with E-state index in [9.17, 15) is 4.79 Å². The van der Waals surface area contributed by atoms with Crippen molar-refractivity contribution in [3.05, 3.63) is 46.6 Å². The third-order valence-electron chi connectivity index (χ3n) is 3.21. The minimum absolute atomic E-state index is 0.497. The third-order valence-corrected chi connectivity index (χ3v) is 3.21. The molecule has 22 heavy (non-hydrogen) atoms. The first kappa shape index (κ1) is 13.9. The van der Waals surface area contributed by atoms with Gasteiger partial charge >= 0.3 is 6.03 Å². The molecule has 0 bridgehead atoms. The number of nitrogen functional groups attached to an aromatic ring is 1. The van der Waals surface area contributed by atoms with Crippen LogP contribution in [0.2, 0.25) is 0 Å². The van der Waals surface area contributed by atoms with Gasteiger partial charge in [0.1, 0.15) is 5.75 Å². The maximum atomic E-state index is 11.1. The van der Waals surface area contributed by atoms with Gasteiger partial charge in [-0.25, -0.2) is 4.79 Å². The van der Waals surface area contributed by atoms with Gasteiger partial charge in [-0.05, 0) is 36.8 Å². The lowest BCUT2D eigenvalue weighted by Crippen LogP contribution is -2.20. The summed E-state index contributed by atoms with van der Waals surface area (Å²) < 4.78 is 5.17. The predicted molar refractivity (Wildman–Crippen MR) is 80.5 cm³/mol. The first-order valence-corrected chi connectivity index (χ1v) is 6.54. The van der Waals surface area contributed by atoms with Crippen molar-refractivity contribution in [3.8, 4) is 5.75 Å². The molecule has 0 radical (unpaired) electrons. The number of urea groups is 1. The summed E-state index contributed by atoms with van der Waals surface area (Å²) in [7, 11) is 1.55. The minimum Gasteiger partial charge on any atom is -0.495 e. The van der Waals surface area contributed by atoms with E-state index >= 15 is 0 Å². The van der Waals surface area contributed by atoms with Gasteiger partial charge in [0, 0.05) is 6.07 Å². The van der Waals surface area contributed by atoms with Crippen LogP contribution in [0, 0.1) is 6.92 Å². The number of aryl methyl sites for hydroxylation is 1. The first-order chi connectivity index (χ1) is 10.6. The zero-order valence-electron chi connectivity index (χ0n) is 12.1. The molecule has 0 saturated carbocycles. The predicted octanol–water partition coefficient (Wildman–Crippen LogP) is 2.37. The van der Waals surface area contributed by atoms with E-state index in [1.165, 1.54) is 0 Å². The molecular formula is C15H13N5O2. The SMILES string of the molecule is COc1cc(N=Nc2ccc3c(c2)=NC(=O)N=3)c(C)cc1N. The number of ether oxygens (including phenoxy) is 1. The smallest absolute Gasteiger partial charge is 0.368 e. The molecule has 7 nitrogen and oxygen atoms in total. The number of methoxy groups -OCH3 is 1. The Hall–Kier alpha value is -3.09. The van der Waals surface area contributed by atoms with Crippen LogP contribution in [0.1, 0.15) is 5.56 Å². The van der Waals surface area contributed by atoms with Gasteiger partial charge < -0.3 is 10.5 Å². The molecule has 7 heteroatoms. The summed E-state index contributed by atoms with van der Waals surface area (Å²) in [6, 6.07) is 8.09. The molecule has 2 aromatic rings. The summed E-state index contributed by atoms with van der Waals surface area (Å²) in [6.45, 7) is 1.89. The normalized spacial score (nSPS) is 12.9. The number of fused-ring (bicyclic) bond motifs is 1. The molecule has 110 valence electrons. The molecule has 1 aliphatic heterocycles. The van der Waals surface area contributed by atoms with Gasteiger partial charge in [-0.3, -0.25) is 0 Å². The lowest BCUT2D eigenvalue weighted by atomic mass is 10.1. The van der Waals surface area contributed by atoms with Crippen LogP contribution in [-0.2, 0) is 0 Å². The van der Waals surface area contributed by atoms with Crippen LogP contribution in [0.25, 0.3) is 0 Å². The summed E-state index contributed by atoms with van der Waals surface area (Å²) >= 11 is 0. The summed E-state index contributed by atoms with van der Waals surface area (Å²) in [5, 5.41) is 9.42. The van der Waals surface area contributed by atoms with Crippen LogP contribution in [0.5, 0.6) is 5.75 Å². The molecular weight excluding hydrogens is 282 g/mol. The van der Waals surface area contributed by atoms with E-state index in [0.717, 1.165) is 5.56 Å². The maximum absolute atomic E-state index is 11.1. The second kappa shape index (κ2) is 5.36. The number of hydrogen-bond acceptors (Lipinski definition) is 5. The molecule has 2 N–H and O–H groups in total. The Kier molecular flexibility index (Phi) is 3.38. The zero-order valence-corrected chi connectivity index (χ0v) is 12.1. The molecule has 0 aromatic heterocycles. The second-order valence-corrected chi connectivity index (χ2v) is 4.76. The van der Waals surface area contributed by atoms with E-state index in [1.807, 2.05) is 6.92 Å². The Morgan fingerprint density at radius 2 is 1.86 bits per heavy atom. The fraction of sp³-hybridized carbons (Fsp3) is 0.133. The molecule has 1 heterocycles. The molecule has 0 spiro atoms. The Morgan fingerprint density at radius 1 is 1.09 bits per heavy atom. The van der Waals surface area contributed by atoms with Crippen molar-refractivity contribution >= 4 is 23.1 Å². The van der Waals surface area contributed by atoms with Gasteiger partial charge in [0.2, 0.25) is 0 Å². The Labute approximate surface area is 125 Å². The minimum atomic E-state index is -0.497. The van der Waals surface area contributed by atoms with Gasteiger partial charge in [-0.15, -0.1) is 0 Å². The molecule has 2 aromatic carbocycles. The molecule has 0 aliphatic carbocycles. The van der Waals surface area contributed by atoms with Gasteiger partial charge in [0.25, 0.3) is 0 Å². The average molecular weight is 295 g/mol. The van der Waals surface area contributed by atoms with Crippen molar-refractivity contribution in [2.24, 2.45) is 20.2 Å².